The zero-order chi connectivity index (χ0) is 21.3. The van der Waals surface area contributed by atoms with Crippen molar-refractivity contribution < 1.29 is 9.53 Å². The summed E-state index contributed by atoms with van der Waals surface area (Å²) in [6, 6.07) is 17.1. The van der Waals surface area contributed by atoms with Crippen molar-refractivity contribution in [1.29, 1.82) is 0 Å². The molecule has 0 bridgehead atoms. The molecular formula is C20H23N7O2S. The van der Waals surface area contributed by atoms with E-state index in [2.05, 4.69) is 26.0 Å². The van der Waals surface area contributed by atoms with E-state index in [4.69, 9.17) is 10.6 Å². The van der Waals surface area contributed by atoms with Crippen LogP contribution >= 0.6 is 11.8 Å². The molecule has 156 valence electrons. The summed E-state index contributed by atoms with van der Waals surface area (Å²) in [5, 5.41) is 15.4. The number of nitrogens with two attached hydrogens (primary N) is 1. The van der Waals surface area contributed by atoms with E-state index in [1.54, 1.807) is 13.3 Å². The van der Waals surface area contributed by atoms with Crippen molar-refractivity contribution in [2.45, 2.75) is 18.1 Å². The fraction of sp³-hybridized carbons (Fsp3) is 0.200. The smallest absolute Gasteiger partial charge is 0.264 e. The Bertz CT molecular complexity index is 1010. The van der Waals surface area contributed by atoms with Crippen molar-refractivity contribution in [3.63, 3.8) is 0 Å². The minimum atomic E-state index is -0.122. The maximum atomic E-state index is 12.2. The number of amides is 1. The summed E-state index contributed by atoms with van der Waals surface area (Å²) < 4.78 is 6.52. The predicted octanol–water partition coefficient (Wildman–Crippen LogP) is 2.42. The van der Waals surface area contributed by atoms with Crippen molar-refractivity contribution in [1.82, 2.24) is 20.2 Å². The molecule has 1 heterocycles. The molecule has 2 aromatic carbocycles. The molecule has 0 radical (unpaired) electrons. The van der Waals surface area contributed by atoms with Crippen LogP contribution in [0.4, 0.5) is 5.95 Å². The SMILES string of the molecule is COc1ccccc1/C=N/Nc1nnc(SCC(=O)NC(C)c2ccccc2)n1N. The van der Waals surface area contributed by atoms with Crippen molar-refractivity contribution in [3.05, 3.63) is 65.7 Å². The number of aromatic nitrogens is 3. The molecule has 1 amide bonds. The number of anilines is 1. The Morgan fingerprint density at radius 3 is 2.73 bits per heavy atom. The Hall–Kier alpha value is -3.53. The van der Waals surface area contributed by atoms with Gasteiger partial charge in [0.25, 0.3) is 5.95 Å². The van der Waals surface area contributed by atoms with Gasteiger partial charge in [0, 0.05) is 5.56 Å². The van der Waals surface area contributed by atoms with Gasteiger partial charge >= 0.3 is 0 Å². The molecule has 0 aliphatic carbocycles. The lowest BCUT2D eigenvalue weighted by Gasteiger charge is -2.13. The summed E-state index contributed by atoms with van der Waals surface area (Å²) in [4.78, 5) is 12.2. The number of hydrazone groups is 1. The zero-order valence-corrected chi connectivity index (χ0v) is 17.5. The third kappa shape index (κ3) is 5.51. The quantitative estimate of drug-likeness (QED) is 0.208. The number of para-hydroxylation sites is 1. The van der Waals surface area contributed by atoms with Crippen LogP contribution in [0.15, 0.2) is 64.9 Å². The number of hydrogen-bond donors (Lipinski definition) is 3. The van der Waals surface area contributed by atoms with Crippen LogP contribution in [-0.2, 0) is 4.79 Å². The summed E-state index contributed by atoms with van der Waals surface area (Å²) in [5.41, 5.74) is 4.58. The molecule has 3 rings (SSSR count). The van der Waals surface area contributed by atoms with E-state index in [1.807, 2.05) is 61.5 Å². The van der Waals surface area contributed by atoms with Crippen molar-refractivity contribution in [2.75, 3.05) is 24.1 Å². The number of benzene rings is 2. The standard InChI is InChI=1S/C20H23N7O2S/c1-14(15-8-4-3-5-9-15)23-18(28)13-30-20-26-25-19(27(20)21)24-22-12-16-10-6-7-11-17(16)29-2/h3-12,14H,13,21H2,1-2H3,(H,23,28)(H,24,25)/b22-12+. The molecule has 9 nitrogen and oxygen atoms in total. The molecule has 1 aromatic heterocycles. The molecule has 30 heavy (non-hydrogen) atoms. The fourth-order valence-electron chi connectivity index (χ4n) is 2.62. The maximum Gasteiger partial charge on any atom is 0.264 e. The predicted molar refractivity (Wildman–Crippen MR) is 118 cm³/mol. The summed E-state index contributed by atoms with van der Waals surface area (Å²) in [5.74, 6) is 6.99. The van der Waals surface area contributed by atoms with Gasteiger partial charge in [0.2, 0.25) is 11.1 Å². The second-order valence-electron chi connectivity index (χ2n) is 6.28. The van der Waals surface area contributed by atoms with Crippen molar-refractivity contribution in [2.24, 2.45) is 5.10 Å². The molecule has 0 aliphatic heterocycles. The number of nitrogens with one attached hydrogen (secondary N) is 2. The fourth-order valence-corrected chi connectivity index (χ4v) is 3.29. The monoisotopic (exact) mass is 425 g/mol. The molecule has 0 spiro atoms. The Morgan fingerprint density at radius 2 is 1.97 bits per heavy atom. The van der Waals surface area contributed by atoms with Gasteiger partial charge in [-0.05, 0) is 24.6 Å². The van der Waals surface area contributed by atoms with Crippen LogP contribution in [0, 0.1) is 0 Å². The minimum absolute atomic E-state index is 0.0865. The average molecular weight is 426 g/mol. The summed E-state index contributed by atoms with van der Waals surface area (Å²) in [6.45, 7) is 1.94. The van der Waals surface area contributed by atoms with Crippen LogP contribution in [0.1, 0.15) is 24.1 Å². The van der Waals surface area contributed by atoms with E-state index in [-0.39, 0.29) is 23.7 Å². The maximum absolute atomic E-state index is 12.2. The highest BCUT2D eigenvalue weighted by Crippen LogP contribution is 2.18. The number of nitrogen functional groups attached to an aromatic ring is 1. The number of carbonyl (C=O) groups is 1. The molecule has 1 unspecified atom stereocenters. The highest BCUT2D eigenvalue weighted by Gasteiger charge is 2.14. The first-order valence-electron chi connectivity index (χ1n) is 9.18. The first kappa shape index (κ1) is 21.2. The van der Waals surface area contributed by atoms with E-state index >= 15 is 0 Å². The average Bonchev–Trinajstić information content (AvgIpc) is 3.12. The lowest BCUT2D eigenvalue weighted by molar-refractivity contribution is -0.119. The molecule has 0 saturated carbocycles. The molecular weight excluding hydrogens is 402 g/mol. The number of methoxy groups -OCH3 is 1. The Balaban J connectivity index is 1.52. The summed E-state index contributed by atoms with van der Waals surface area (Å²) in [7, 11) is 1.59. The second kappa shape index (κ2) is 10.3. The van der Waals surface area contributed by atoms with E-state index in [9.17, 15) is 4.79 Å². The molecule has 4 N–H and O–H groups in total. The van der Waals surface area contributed by atoms with E-state index in [0.29, 0.717) is 10.9 Å². The van der Waals surface area contributed by atoms with Crippen LogP contribution in [-0.4, -0.2) is 39.9 Å². The van der Waals surface area contributed by atoms with Crippen LogP contribution in [0.5, 0.6) is 5.75 Å². The Kier molecular flexibility index (Phi) is 7.28. The summed E-state index contributed by atoms with van der Waals surface area (Å²) >= 11 is 1.19. The van der Waals surface area contributed by atoms with Gasteiger partial charge in [-0.1, -0.05) is 54.2 Å². The molecule has 0 saturated heterocycles. The first-order valence-corrected chi connectivity index (χ1v) is 10.2. The Labute approximate surface area is 178 Å². The number of nitrogens with zero attached hydrogens (tertiary/aromatic N) is 4. The van der Waals surface area contributed by atoms with Gasteiger partial charge in [0.15, 0.2) is 0 Å². The van der Waals surface area contributed by atoms with Gasteiger partial charge in [-0.25, -0.2) is 10.1 Å². The van der Waals surface area contributed by atoms with Gasteiger partial charge in [0.1, 0.15) is 5.75 Å². The van der Waals surface area contributed by atoms with Crippen LogP contribution in [0.25, 0.3) is 0 Å². The van der Waals surface area contributed by atoms with Gasteiger partial charge in [-0.3, -0.25) is 4.79 Å². The minimum Gasteiger partial charge on any atom is -0.496 e. The third-order valence-electron chi connectivity index (χ3n) is 4.18. The van der Waals surface area contributed by atoms with Crippen molar-refractivity contribution in [3.8, 4) is 5.75 Å². The number of hydrogen-bond acceptors (Lipinski definition) is 8. The van der Waals surface area contributed by atoms with Gasteiger partial charge in [-0.15, -0.1) is 10.2 Å². The topological polar surface area (TPSA) is 119 Å². The van der Waals surface area contributed by atoms with E-state index < -0.39 is 0 Å². The molecule has 3 aromatic rings. The lowest BCUT2D eigenvalue weighted by Crippen LogP contribution is -2.28. The lowest BCUT2D eigenvalue weighted by atomic mass is 10.1. The number of rotatable bonds is 9. The van der Waals surface area contributed by atoms with Gasteiger partial charge in [0.05, 0.1) is 25.1 Å². The van der Waals surface area contributed by atoms with Gasteiger partial charge < -0.3 is 15.9 Å². The Morgan fingerprint density at radius 1 is 1.23 bits per heavy atom. The molecule has 10 heteroatoms. The van der Waals surface area contributed by atoms with E-state index in [1.165, 1.54) is 16.4 Å². The van der Waals surface area contributed by atoms with Crippen LogP contribution < -0.4 is 21.3 Å². The molecule has 0 aliphatic rings. The number of ether oxygens (including phenoxy) is 1. The second-order valence-corrected chi connectivity index (χ2v) is 7.22. The third-order valence-corrected chi connectivity index (χ3v) is 5.12. The normalized spacial score (nSPS) is 11.9. The number of carbonyl (C=O) groups excluding carboxylic acids is 1. The van der Waals surface area contributed by atoms with Crippen LogP contribution in [0.2, 0.25) is 0 Å². The largest absolute Gasteiger partial charge is 0.496 e. The number of thioether (sulfide) groups is 1. The van der Waals surface area contributed by atoms with Crippen molar-refractivity contribution >= 4 is 29.8 Å². The van der Waals surface area contributed by atoms with E-state index in [0.717, 1.165) is 11.1 Å². The zero-order valence-electron chi connectivity index (χ0n) is 16.6. The molecule has 0 fully saturated rings. The highest BCUT2D eigenvalue weighted by atomic mass is 32.2. The molecule has 1 atom stereocenters. The van der Waals surface area contributed by atoms with Gasteiger partial charge in [-0.2, -0.15) is 5.10 Å². The first-order chi connectivity index (χ1) is 14.6. The van der Waals surface area contributed by atoms with Crippen LogP contribution in [0.3, 0.4) is 0 Å². The summed E-state index contributed by atoms with van der Waals surface area (Å²) in [6.07, 6.45) is 1.60. The highest BCUT2D eigenvalue weighted by molar-refractivity contribution is 7.99.